The summed E-state index contributed by atoms with van der Waals surface area (Å²) in [6.07, 6.45) is 0.667. The van der Waals surface area contributed by atoms with Gasteiger partial charge in [0.1, 0.15) is 12.0 Å². The van der Waals surface area contributed by atoms with Crippen LogP contribution in [0.1, 0.15) is 15.9 Å². The van der Waals surface area contributed by atoms with Gasteiger partial charge < -0.3 is 10.6 Å². The van der Waals surface area contributed by atoms with Gasteiger partial charge in [0.25, 0.3) is 5.91 Å². The number of hydrogen-bond acceptors (Lipinski definition) is 3. The number of aromatic nitrogens is 1. The summed E-state index contributed by atoms with van der Waals surface area (Å²) >= 11 is 17.8. The summed E-state index contributed by atoms with van der Waals surface area (Å²) in [6, 6.07) is 12.4. The first-order valence-corrected chi connectivity index (χ1v) is 7.61. The van der Waals surface area contributed by atoms with Crippen LogP contribution in [-0.2, 0) is 0 Å². The van der Waals surface area contributed by atoms with Gasteiger partial charge in [-0.05, 0) is 31.2 Å². The van der Waals surface area contributed by atoms with E-state index in [1.807, 2.05) is 19.1 Å². The lowest BCUT2D eigenvalue weighted by Crippen LogP contribution is -2.49. The number of anilines is 1. The Labute approximate surface area is 143 Å². The Morgan fingerprint density at radius 2 is 1.82 bits per heavy atom. The van der Waals surface area contributed by atoms with E-state index in [1.54, 1.807) is 36.5 Å². The quantitative estimate of drug-likeness (QED) is 0.643. The molecule has 2 aromatic rings. The zero-order chi connectivity index (χ0) is 16.2. The molecule has 7 heteroatoms. The van der Waals surface area contributed by atoms with E-state index in [-0.39, 0.29) is 5.91 Å². The molecule has 0 aliphatic rings. The van der Waals surface area contributed by atoms with Crippen LogP contribution in [0.15, 0.2) is 48.7 Å². The molecule has 0 saturated heterocycles. The first-order chi connectivity index (χ1) is 10.4. The number of nitrogens with one attached hydrogen (secondary N) is 2. The Balaban J connectivity index is 2.13. The fraction of sp³-hybridized carbons (Fsp3) is 0.200. The SMILES string of the molecule is Cc1ccc(C(=O)NC(Nc2ccccn2)C(Cl)(Cl)Cl)cc1. The Kier molecular flexibility index (Phi) is 5.51. The molecule has 116 valence electrons. The molecular formula is C15H14Cl3N3O. The molecule has 1 unspecified atom stereocenters. The molecule has 1 aromatic carbocycles. The number of pyridine rings is 1. The van der Waals surface area contributed by atoms with Crippen LogP contribution in [0.2, 0.25) is 0 Å². The summed E-state index contributed by atoms with van der Waals surface area (Å²) in [5.41, 5.74) is 1.54. The molecule has 1 heterocycles. The molecule has 0 bridgehead atoms. The predicted molar refractivity (Wildman–Crippen MR) is 90.6 cm³/mol. The third-order valence-electron chi connectivity index (χ3n) is 2.87. The molecule has 22 heavy (non-hydrogen) atoms. The average molecular weight is 359 g/mol. The smallest absolute Gasteiger partial charge is 0.252 e. The third-order valence-corrected chi connectivity index (χ3v) is 3.53. The first kappa shape index (κ1) is 16.9. The molecule has 1 atom stereocenters. The highest BCUT2D eigenvalue weighted by molar-refractivity contribution is 6.68. The van der Waals surface area contributed by atoms with Gasteiger partial charge in [-0.2, -0.15) is 0 Å². The zero-order valence-corrected chi connectivity index (χ0v) is 14.0. The van der Waals surface area contributed by atoms with Crippen LogP contribution in [0, 0.1) is 6.92 Å². The maximum atomic E-state index is 12.3. The van der Waals surface area contributed by atoms with E-state index < -0.39 is 9.96 Å². The van der Waals surface area contributed by atoms with Gasteiger partial charge in [-0.15, -0.1) is 0 Å². The van der Waals surface area contributed by atoms with Crippen molar-refractivity contribution in [2.24, 2.45) is 0 Å². The van der Waals surface area contributed by atoms with Crippen molar-refractivity contribution < 1.29 is 4.79 Å². The van der Waals surface area contributed by atoms with Gasteiger partial charge in [-0.1, -0.05) is 58.6 Å². The number of alkyl halides is 3. The predicted octanol–water partition coefficient (Wildman–Crippen LogP) is 3.93. The number of aryl methyl sites for hydroxylation is 1. The van der Waals surface area contributed by atoms with Crippen molar-refractivity contribution in [3.8, 4) is 0 Å². The number of halogens is 3. The fourth-order valence-corrected chi connectivity index (χ4v) is 2.04. The van der Waals surface area contributed by atoms with Crippen molar-refractivity contribution in [3.05, 3.63) is 59.8 Å². The van der Waals surface area contributed by atoms with Gasteiger partial charge in [0, 0.05) is 11.8 Å². The summed E-state index contributed by atoms with van der Waals surface area (Å²) in [6.45, 7) is 1.94. The number of amides is 1. The zero-order valence-electron chi connectivity index (χ0n) is 11.7. The van der Waals surface area contributed by atoms with E-state index in [9.17, 15) is 4.79 Å². The third kappa shape index (κ3) is 4.77. The molecule has 2 N–H and O–H groups in total. The summed E-state index contributed by atoms with van der Waals surface area (Å²) in [7, 11) is 0. The van der Waals surface area contributed by atoms with Crippen LogP contribution in [0.4, 0.5) is 5.82 Å². The second-order valence-electron chi connectivity index (χ2n) is 4.67. The molecule has 4 nitrogen and oxygen atoms in total. The van der Waals surface area contributed by atoms with Crippen LogP contribution in [-0.4, -0.2) is 20.8 Å². The summed E-state index contributed by atoms with van der Waals surface area (Å²) in [5.74, 6) is 0.141. The van der Waals surface area contributed by atoms with Crippen LogP contribution < -0.4 is 10.6 Å². The van der Waals surface area contributed by atoms with E-state index in [4.69, 9.17) is 34.8 Å². The molecule has 1 aromatic heterocycles. The minimum atomic E-state index is -1.74. The van der Waals surface area contributed by atoms with Gasteiger partial charge in [-0.25, -0.2) is 4.98 Å². The number of rotatable bonds is 4. The van der Waals surface area contributed by atoms with Crippen molar-refractivity contribution >= 4 is 46.5 Å². The van der Waals surface area contributed by atoms with Gasteiger partial charge in [-0.3, -0.25) is 4.79 Å². The minimum Gasteiger partial charge on any atom is -0.347 e. The topological polar surface area (TPSA) is 54.0 Å². The fourth-order valence-electron chi connectivity index (χ4n) is 1.72. The van der Waals surface area contributed by atoms with Gasteiger partial charge in [0.15, 0.2) is 0 Å². The van der Waals surface area contributed by atoms with Gasteiger partial charge in [0.2, 0.25) is 3.79 Å². The second kappa shape index (κ2) is 7.18. The number of benzene rings is 1. The molecule has 1 amide bonds. The van der Waals surface area contributed by atoms with E-state index >= 15 is 0 Å². The molecular weight excluding hydrogens is 345 g/mol. The summed E-state index contributed by atoms with van der Waals surface area (Å²) in [4.78, 5) is 16.3. The van der Waals surface area contributed by atoms with Crippen molar-refractivity contribution in [1.82, 2.24) is 10.3 Å². The van der Waals surface area contributed by atoms with Gasteiger partial charge in [0.05, 0.1) is 0 Å². The lowest BCUT2D eigenvalue weighted by molar-refractivity contribution is 0.0942. The lowest BCUT2D eigenvalue weighted by Gasteiger charge is -2.26. The Morgan fingerprint density at radius 3 is 2.36 bits per heavy atom. The Morgan fingerprint density at radius 1 is 1.14 bits per heavy atom. The maximum absolute atomic E-state index is 12.3. The lowest BCUT2D eigenvalue weighted by atomic mass is 10.1. The number of hydrogen-bond donors (Lipinski definition) is 2. The monoisotopic (exact) mass is 357 g/mol. The second-order valence-corrected chi connectivity index (χ2v) is 7.04. The normalized spacial score (nSPS) is 12.5. The minimum absolute atomic E-state index is 0.347. The van der Waals surface area contributed by atoms with Crippen molar-refractivity contribution in [2.75, 3.05) is 5.32 Å². The van der Waals surface area contributed by atoms with Gasteiger partial charge >= 0.3 is 0 Å². The number of carbonyl (C=O) groups is 1. The highest BCUT2D eigenvalue weighted by Gasteiger charge is 2.34. The maximum Gasteiger partial charge on any atom is 0.252 e. The van der Waals surface area contributed by atoms with Crippen molar-refractivity contribution in [1.29, 1.82) is 0 Å². The van der Waals surface area contributed by atoms with Crippen LogP contribution >= 0.6 is 34.8 Å². The largest absolute Gasteiger partial charge is 0.347 e. The van der Waals surface area contributed by atoms with E-state index in [2.05, 4.69) is 15.6 Å². The Bertz CT molecular complexity index is 627. The Hall–Kier alpha value is -1.49. The highest BCUT2D eigenvalue weighted by atomic mass is 35.6. The summed E-state index contributed by atoms with van der Waals surface area (Å²) in [5, 5.41) is 5.55. The van der Waals surface area contributed by atoms with E-state index in [0.717, 1.165) is 5.56 Å². The first-order valence-electron chi connectivity index (χ1n) is 6.48. The molecule has 0 saturated carbocycles. The number of nitrogens with zero attached hydrogens (tertiary/aromatic N) is 1. The van der Waals surface area contributed by atoms with Crippen LogP contribution in [0.5, 0.6) is 0 Å². The highest BCUT2D eigenvalue weighted by Crippen LogP contribution is 2.31. The average Bonchev–Trinajstić information content (AvgIpc) is 2.47. The standard InChI is InChI=1S/C15H14Cl3N3O/c1-10-5-7-11(8-6-10)13(22)21-14(15(16,17)18)20-12-4-2-3-9-19-12/h2-9,14H,1H3,(H,19,20)(H,21,22). The molecule has 0 aliphatic carbocycles. The number of carbonyl (C=O) groups excluding carboxylic acids is 1. The molecule has 0 spiro atoms. The molecule has 0 radical (unpaired) electrons. The summed E-state index contributed by atoms with van der Waals surface area (Å²) < 4.78 is -1.74. The molecule has 2 rings (SSSR count). The van der Waals surface area contributed by atoms with Crippen LogP contribution in [0.3, 0.4) is 0 Å². The molecule has 0 fully saturated rings. The van der Waals surface area contributed by atoms with E-state index in [1.165, 1.54) is 0 Å². The van der Waals surface area contributed by atoms with Crippen molar-refractivity contribution in [3.63, 3.8) is 0 Å². The van der Waals surface area contributed by atoms with Crippen LogP contribution in [0.25, 0.3) is 0 Å². The molecule has 0 aliphatic heterocycles. The van der Waals surface area contributed by atoms with E-state index in [0.29, 0.717) is 11.4 Å². The van der Waals surface area contributed by atoms with Crippen molar-refractivity contribution in [2.45, 2.75) is 16.9 Å².